The zero-order valence-corrected chi connectivity index (χ0v) is 29.3. The minimum Gasteiger partial charge on any atom is -0.455 e. The molecule has 0 bridgehead atoms. The summed E-state index contributed by atoms with van der Waals surface area (Å²) in [6, 6.07) is 50.2. The van der Waals surface area contributed by atoms with Crippen molar-refractivity contribution in [3.8, 4) is 28.3 Å². The molecule has 12 rings (SSSR count). The van der Waals surface area contributed by atoms with Crippen LogP contribution in [0.5, 0.6) is 0 Å². The maximum absolute atomic E-state index is 6.54. The normalized spacial score (nSPS) is 13.7. The summed E-state index contributed by atoms with van der Waals surface area (Å²) >= 11 is 1.78. The summed E-state index contributed by atoms with van der Waals surface area (Å²) in [5.74, 6) is 0.663. The minimum atomic E-state index is -0.118. The number of aromatic nitrogens is 3. The number of para-hydroxylation sites is 2. The van der Waals surface area contributed by atoms with Crippen LogP contribution in [0.1, 0.15) is 25.0 Å². The second-order valence-electron chi connectivity index (χ2n) is 14.6. The van der Waals surface area contributed by atoms with E-state index in [2.05, 4.69) is 146 Å². The predicted molar refractivity (Wildman–Crippen MR) is 217 cm³/mol. The molecule has 244 valence electrons. The molecule has 0 saturated heterocycles. The molecule has 0 saturated carbocycles. The highest BCUT2D eigenvalue weighted by atomic mass is 32.1. The van der Waals surface area contributed by atoms with Crippen LogP contribution in [0.4, 0.5) is 0 Å². The molecule has 0 aliphatic heterocycles. The van der Waals surface area contributed by atoms with E-state index in [4.69, 9.17) is 14.4 Å². The third-order valence-corrected chi connectivity index (χ3v) is 12.6. The second-order valence-corrected chi connectivity index (χ2v) is 15.6. The predicted octanol–water partition coefficient (Wildman–Crippen LogP) is 13.0. The molecule has 7 aromatic carbocycles. The Balaban J connectivity index is 1.18. The van der Waals surface area contributed by atoms with Gasteiger partial charge in [-0.05, 0) is 70.1 Å². The van der Waals surface area contributed by atoms with Gasteiger partial charge in [0.1, 0.15) is 11.2 Å². The van der Waals surface area contributed by atoms with Gasteiger partial charge >= 0.3 is 0 Å². The average Bonchev–Trinajstić information content (AvgIpc) is 3.91. The standard InChI is InChI=1S/C47H29N3OS/c1-47(2)36-15-7-3-11-28(36)29-21-20-27(24-37(29)47)42-45-43(33-14-6-10-18-41(33)52-45)49-46(48-42)50-38-16-8-4-12-30(38)35-23-26-19-22-32-31-13-5-9-17-40(31)51-44(32)34(26)25-39(35)50/h3-25H,1-2H3. The SMILES string of the molecule is CC1(C)c2ccccc2-c2ccc(-c3nc(-n4c5ccccc5c5cc6ccc7c8ccccc8oc7c6cc54)nc4c3sc3ccccc34)cc21. The molecule has 1 aliphatic rings. The van der Waals surface area contributed by atoms with Gasteiger partial charge in [0, 0.05) is 48.0 Å². The lowest BCUT2D eigenvalue weighted by Crippen LogP contribution is -2.15. The van der Waals surface area contributed by atoms with E-state index in [0.717, 1.165) is 76.0 Å². The van der Waals surface area contributed by atoms with Gasteiger partial charge in [0.2, 0.25) is 5.95 Å². The molecule has 0 N–H and O–H groups in total. The van der Waals surface area contributed by atoms with Gasteiger partial charge < -0.3 is 4.42 Å². The molecule has 4 aromatic heterocycles. The number of hydrogen-bond donors (Lipinski definition) is 0. The van der Waals surface area contributed by atoms with Crippen LogP contribution in [0.2, 0.25) is 0 Å². The molecule has 0 atom stereocenters. The van der Waals surface area contributed by atoms with E-state index in [0.29, 0.717) is 5.95 Å². The largest absolute Gasteiger partial charge is 0.455 e. The molecule has 0 fully saturated rings. The van der Waals surface area contributed by atoms with E-state index in [1.165, 1.54) is 32.3 Å². The van der Waals surface area contributed by atoms with Crippen molar-refractivity contribution in [3.05, 3.63) is 151 Å². The van der Waals surface area contributed by atoms with E-state index in [9.17, 15) is 0 Å². The quantitative estimate of drug-likeness (QED) is 0.182. The molecule has 11 aromatic rings. The molecule has 4 nitrogen and oxygen atoms in total. The molecular weight excluding hydrogens is 655 g/mol. The van der Waals surface area contributed by atoms with Gasteiger partial charge in [0.25, 0.3) is 0 Å². The molecule has 0 amide bonds. The smallest absolute Gasteiger partial charge is 0.235 e. The van der Waals surface area contributed by atoms with E-state index in [1.54, 1.807) is 11.3 Å². The summed E-state index contributed by atoms with van der Waals surface area (Å²) in [7, 11) is 0. The molecule has 4 heterocycles. The molecular formula is C47H29N3OS. The van der Waals surface area contributed by atoms with Crippen LogP contribution in [0, 0.1) is 0 Å². The highest BCUT2D eigenvalue weighted by Gasteiger charge is 2.35. The fourth-order valence-electron chi connectivity index (χ4n) is 8.91. The molecule has 1 aliphatic carbocycles. The van der Waals surface area contributed by atoms with Gasteiger partial charge in [-0.2, -0.15) is 0 Å². The van der Waals surface area contributed by atoms with Crippen molar-refractivity contribution >= 4 is 86.2 Å². The Labute approximate surface area is 302 Å². The van der Waals surface area contributed by atoms with E-state index >= 15 is 0 Å². The van der Waals surface area contributed by atoms with Crippen molar-refractivity contribution < 1.29 is 4.42 Å². The van der Waals surface area contributed by atoms with Crippen LogP contribution in [0.3, 0.4) is 0 Å². The molecule has 0 radical (unpaired) electrons. The topological polar surface area (TPSA) is 43.9 Å². The Morgan fingerprint density at radius 3 is 2.27 bits per heavy atom. The Morgan fingerprint density at radius 1 is 0.577 bits per heavy atom. The van der Waals surface area contributed by atoms with Gasteiger partial charge in [-0.25, -0.2) is 9.97 Å². The molecule has 52 heavy (non-hydrogen) atoms. The lowest BCUT2D eigenvalue weighted by Gasteiger charge is -2.22. The fraction of sp³-hybridized carbons (Fsp3) is 0.0638. The van der Waals surface area contributed by atoms with Crippen molar-refractivity contribution in [1.29, 1.82) is 0 Å². The average molecular weight is 684 g/mol. The second kappa shape index (κ2) is 9.93. The van der Waals surface area contributed by atoms with Gasteiger partial charge in [0.05, 0.1) is 26.9 Å². The van der Waals surface area contributed by atoms with Crippen molar-refractivity contribution in [2.45, 2.75) is 19.3 Å². The zero-order valence-electron chi connectivity index (χ0n) is 28.4. The summed E-state index contributed by atoms with van der Waals surface area (Å²) in [5.41, 5.74) is 12.2. The maximum Gasteiger partial charge on any atom is 0.235 e. The van der Waals surface area contributed by atoms with Gasteiger partial charge in [-0.3, -0.25) is 4.57 Å². The number of benzene rings is 7. The number of thiophene rings is 1. The molecule has 0 unspecified atom stereocenters. The number of furan rings is 1. The van der Waals surface area contributed by atoms with E-state index in [-0.39, 0.29) is 5.41 Å². The number of nitrogens with zero attached hydrogens (tertiary/aromatic N) is 3. The van der Waals surface area contributed by atoms with Crippen molar-refractivity contribution in [3.63, 3.8) is 0 Å². The monoisotopic (exact) mass is 683 g/mol. The summed E-state index contributed by atoms with van der Waals surface area (Å²) in [6.07, 6.45) is 0. The highest BCUT2D eigenvalue weighted by Crippen LogP contribution is 2.50. The Kier molecular flexibility index (Phi) is 5.43. The Morgan fingerprint density at radius 2 is 1.35 bits per heavy atom. The van der Waals surface area contributed by atoms with Crippen LogP contribution in [-0.4, -0.2) is 14.5 Å². The Hall–Kier alpha value is -6.30. The third-order valence-electron chi connectivity index (χ3n) is 11.4. The molecule has 5 heteroatoms. The van der Waals surface area contributed by atoms with Crippen LogP contribution < -0.4 is 0 Å². The van der Waals surface area contributed by atoms with Crippen LogP contribution in [0.25, 0.3) is 103 Å². The zero-order chi connectivity index (χ0) is 34.3. The van der Waals surface area contributed by atoms with Crippen molar-refractivity contribution in [1.82, 2.24) is 14.5 Å². The molecule has 0 spiro atoms. The first kappa shape index (κ1) is 28.4. The number of rotatable bonds is 2. The first-order valence-electron chi connectivity index (χ1n) is 17.7. The van der Waals surface area contributed by atoms with Gasteiger partial charge in [0.15, 0.2) is 0 Å². The first-order chi connectivity index (χ1) is 25.5. The maximum atomic E-state index is 6.54. The summed E-state index contributed by atoms with van der Waals surface area (Å²) in [5, 5.41) is 7.95. The van der Waals surface area contributed by atoms with Crippen LogP contribution in [0.15, 0.2) is 144 Å². The number of fused-ring (bicyclic) bond motifs is 14. The lowest BCUT2D eigenvalue weighted by molar-refractivity contribution is 0.660. The first-order valence-corrected chi connectivity index (χ1v) is 18.6. The van der Waals surface area contributed by atoms with Crippen LogP contribution >= 0.6 is 11.3 Å². The van der Waals surface area contributed by atoms with Crippen molar-refractivity contribution in [2.75, 3.05) is 0 Å². The summed E-state index contributed by atoms with van der Waals surface area (Å²) in [6.45, 7) is 4.67. The number of hydrogen-bond acceptors (Lipinski definition) is 4. The summed E-state index contributed by atoms with van der Waals surface area (Å²) in [4.78, 5) is 11.0. The van der Waals surface area contributed by atoms with Gasteiger partial charge in [-0.15, -0.1) is 11.3 Å². The van der Waals surface area contributed by atoms with Gasteiger partial charge in [-0.1, -0.05) is 111 Å². The summed E-state index contributed by atoms with van der Waals surface area (Å²) < 4.78 is 11.1. The van der Waals surface area contributed by atoms with E-state index < -0.39 is 0 Å². The van der Waals surface area contributed by atoms with E-state index in [1.807, 2.05) is 12.1 Å². The van der Waals surface area contributed by atoms with Crippen molar-refractivity contribution in [2.24, 2.45) is 0 Å². The fourth-order valence-corrected chi connectivity index (χ4v) is 10.1. The van der Waals surface area contributed by atoms with Crippen LogP contribution in [-0.2, 0) is 5.41 Å². The third kappa shape index (κ3) is 3.65. The Bertz CT molecular complexity index is 3340. The highest BCUT2D eigenvalue weighted by molar-refractivity contribution is 7.26. The lowest BCUT2D eigenvalue weighted by atomic mass is 9.82. The minimum absolute atomic E-state index is 0.118.